The first kappa shape index (κ1) is 41.5. The van der Waals surface area contributed by atoms with E-state index >= 15 is 0 Å². The number of carbonyl (C=O) groups excluding carboxylic acids is 4. The maximum atomic E-state index is 14.8. The van der Waals surface area contributed by atoms with Gasteiger partial charge in [0.15, 0.2) is 6.23 Å². The molecular formula is C38H61N5O9. The molecule has 4 atom stereocenters. The van der Waals surface area contributed by atoms with Crippen molar-refractivity contribution in [2.45, 2.75) is 121 Å². The number of benzene rings is 1. The number of amides is 4. The molecule has 1 saturated heterocycles. The number of ether oxygens (including phenoxy) is 2. The summed E-state index contributed by atoms with van der Waals surface area (Å²) in [5, 5.41) is 1.50. The first-order valence-corrected chi connectivity index (χ1v) is 18.6. The van der Waals surface area contributed by atoms with Gasteiger partial charge in [-0.3, -0.25) is 24.1 Å². The van der Waals surface area contributed by atoms with Crippen LogP contribution in [0.2, 0.25) is 0 Å². The number of likely N-dealkylation sites (N-methyl/N-ethyl adjacent to an activating group) is 3. The molecule has 14 nitrogen and oxygen atoms in total. The lowest BCUT2D eigenvalue weighted by Gasteiger charge is -2.51. The van der Waals surface area contributed by atoms with E-state index in [0.717, 1.165) is 37.7 Å². The summed E-state index contributed by atoms with van der Waals surface area (Å²) in [6.07, 6.45) is 3.68. The number of hydrogen-bond acceptors (Lipinski definition) is 10. The molecule has 1 aliphatic heterocycles. The molecule has 2 aliphatic carbocycles. The molecule has 0 radical (unpaired) electrons. The minimum Gasteiger partial charge on any atom is -0.445 e. The van der Waals surface area contributed by atoms with E-state index in [1.165, 1.54) is 19.8 Å². The number of nitrogens with zero attached hydrogens (tertiary/aromatic N) is 5. The van der Waals surface area contributed by atoms with Crippen LogP contribution in [0.15, 0.2) is 30.3 Å². The van der Waals surface area contributed by atoms with Crippen LogP contribution in [-0.2, 0) is 45.1 Å². The van der Waals surface area contributed by atoms with Crippen molar-refractivity contribution in [3.63, 3.8) is 0 Å². The highest BCUT2D eigenvalue weighted by molar-refractivity contribution is 5.97. The first-order valence-electron chi connectivity index (χ1n) is 18.6. The smallest absolute Gasteiger partial charge is 0.410 e. The Labute approximate surface area is 309 Å². The summed E-state index contributed by atoms with van der Waals surface area (Å²) in [6, 6.07) is 7.71. The van der Waals surface area contributed by atoms with Gasteiger partial charge in [-0.25, -0.2) is 14.6 Å². The third-order valence-electron chi connectivity index (χ3n) is 10.4. The van der Waals surface area contributed by atoms with Crippen molar-refractivity contribution in [2.24, 2.45) is 5.92 Å². The van der Waals surface area contributed by atoms with Crippen molar-refractivity contribution in [1.29, 1.82) is 0 Å². The van der Waals surface area contributed by atoms with Crippen molar-refractivity contribution in [3.8, 4) is 0 Å². The number of hydrogen-bond donors (Lipinski definition) is 0. The Kier molecular flexibility index (Phi) is 14.5. The second-order valence-electron chi connectivity index (χ2n) is 15.5. The highest BCUT2D eigenvalue weighted by atomic mass is 17.2. The molecule has 0 aromatic heterocycles. The Morgan fingerprint density at radius 1 is 0.942 bits per heavy atom. The molecule has 1 aromatic rings. The third kappa shape index (κ3) is 10.0. The second kappa shape index (κ2) is 18.2. The Morgan fingerprint density at radius 2 is 1.60 bits per heavy atom. The van der Waals surface area contributed by atoms with E-state index in [2.05, 4.69) is 0 Å². The number of hydroxylamine groups is 2. The van der Waals surface area contributed by atoms with Gasteiger partial charge in [-0.2, -0.15) is 5.06 Å². The van der Waals surface area contributed by atoms with Crippen LogP contribution in [0.1, 0.15) is 84.6 Å². The molecule has 292 valence electrons. The van der Waals surface area contributed by atoms with Crippen molar-refractivity contribution >= 4 is 23.8 Å². The monoisotopic (exact) mass is 731 g/mol. The van der Waals surface area contributed by atoms with Gasteiger partial charge in [-0.05, 0) is 71.3 Å². The summed E-state index contributed by atoms with van der Waals surface area (Å²) in [7, 11) is 8.40. The average molecular weight is 732 g/mol. The predicted molar refractivity (Wildman–Crippen MR) is 193 cm³/mol. The van der Waals surface area contributed by atoms with E-state index in [1.807, 2.05) is 58.0 Å². The van der Waals surface area contributed by atoms with Crippen LogP contribution in [0.4, 0.5) is 4.79 Å². The Bertz CT molecular complexity index is 1350. The van der Waals surface area contributed by atoms with Crippen LogP contribution in [0.5, 0.6) is 0 Å². The van der Waals surface area contributed by atoms with Gasteiger partial charge in [0.05, 0.1) is 18.2 Å². The summed E-state index contributed by atoms with van der Waals surface area (Å²) >= 11 is 0. The van der Waals surface area contributed by atoms with Crippen LogP contribution in [0.25, 0.3) is 0 Å². The van der Waals surface area contributed by atoms with E-state index in [1.54, 1.807) is 40.1 Å². The average Bonchev–Trinajstić information content (AvgIpc) is 3.76. The molecule has 0 N–H and O–H groups in total. The number of likely N-dealkylation sites (tertiary alicyclic amines) is 1. The maximum absolute atomic E-state index is 14.8. The van der Waals surface area contributed by atoms with Gasteiger partial charge in [0.1, 0.15) is 30.8 Å². The van der Waals surface area contributed by atoms with Gasteiger partial charge in [0, 0.05) is 48.3 Å². The molecule has 52 heavy (non-hydrogen) atoms. The topological polar surface area (TPSA) is 131 Å². The SMILES string of the molecule is CCO[C@@H]1C[C@@H](C(=O)N(C)C2(C(=O)N(C)[C@H](C(=O)N(C)[C@H](COOC(C)(C)C)ON(C)C)C3CCCC3)CCC2)N(C(=O)OCc2ccccc2)C1. The quantitative estimate of drug-likeness (QED) is 0.138. The summed E-state index contributed by atoms with van der Waals surface area (Å²) in [4.78, 5) is 80.0. The normalized spacial score (nSPS) is 21.4. The molecule has 0 spiro atoms. The molecule has 2 saturated carbocycles. The molecule has 1 aromatic carbocycles. The molecule has 1 heterocycles. The zero-order valence-corrected chi connectivity index (χ0v) is 32.7. The minimum absolute atomic E-state index is 0.0532. The second-order valence-corrected chi connectivity index (χ2v) is 15.5. The zero-order chi connectivity index (χ0) is 38.2. The lowest BCUT2D eigenvalue weighted by Crippen LogP contribution is -2.68. The fourth-order valence-corrected chi connectivity index (χ4v) is 7.52. The van der Waals surface area contributed by atoms with Crippen LogP contribution < -0.4 is 0 Å². The molecule has 0 unspecified atom stereocenters. The van der Waals surface area contributed by atoms with E-state index in [9.17, 15) is 19.2 Å². The van der Waals surface area contributed by atoms with Crippen LogP contribution in [0.3, 0.4) is 0 Å². The molecule has 3 fully saturated rings. The van der Waals surface area contributed by atoms with Gasteiger partial charge in [0.2, 0.25) is 17.7 Å². The maximum Gasteiger partial charge on any atom is 0.410 e. The fraction of sp³-hybridized carbons (Fsp3) is 0.737. The van der Waals surface area contributed by atoms with Crippen molar-refractivity contribution < 1.29 is 43.3 Å². The van der Waals surface area contributed by atoms with Crippen LogP contribution >= 0.6 is 0 Å². The third-order valence-corrected chi connectivity index (χ3v) is 10.4. The fourth-order valence-electron chi connectivity index (χ4n) is 7.52. The lowest BCUT2D eigenvalue weighted by atomic mass is 9.73. The molecule has 4 rings (SSSR count). The molecule has 3 aliphatic rings. The van der Waals surface area contributed by atoms with Crippen molar-refractivity contribution in [3.05, 3.63) is 35.9 Å². The Morgan fingerprint density at radius 3 is 2.15 bits per heavy atom. The highest BCUT2D eigenvalue weighted by Gasteiger charge is 2.55. The highest BCUT2D eigenvalue weighted by Crippen LogP contribution is 2.42. The van der Waals surface area contributed by atoms with Gasteiger partial charge in [-0.15, -0.1) is 0 Å². The summed E-state index contributed by atoms with van der Waals surface area (Å²) < 4.78 is 11.5. The van der Waals surface area contributed by atoms with Crippen molar-refractivity contribution in [2.75, 3.05) is 55.0 Å². The predicted octanol–water partition coefficient (Wildman–Crippen LogP) is 4.23. The largest absolute Gasteiger partial charge is 0.445 e. The van der Waals surface area contributed by atoms with Gasteiger partial charge < -0.3 is 24.2 Å². The Balaban J connectivity index is 1.54. The van der Waals surface area contributed by atoms with E-state index in [-0.39, 0.29) is 49.5 Å². The van der Waals surface area contributed by atoms with E-state index in [4.69, 9.17) is 24.1 Å². The standard InChI is InChI=1S/C38H61N5O9/c1-10-48-29-23-30(43(24-29)36(47)49-25-27-17-12-11-13-18-27)33(44)42(9)38(21-16-22-38)35(46)41(8)32(28-19-14-15-20-28)34(45)40(7)31(51-39(5)6)26-50-52-37(2,3)4/h11-13,17-18,28-32H,10,14-16,19-26H2,1-9H3/t29-,30+,31+,32+/m1/s1. The minimum atomic E-state index is -1.16. The summed E-state index contributed by atoms with van der Waals surface area (Å²) in [5.41, 5.74) is -0.887. The zero-order valence-electron chi connectivity index (χ0n) is 32.7. The number of carbonyl (C=O) groups is 4. The van der Waals surface area contributed by atoms with Crippen LogP contribution in [-0.4, -0.2) is 139 Å². The molecule has 14 heteroatoms. The Hall–Kier alpha value is -3.30. The van der Waals surface area contributed by atoms with E-state index in [0.29, 0.717) is 25.9 Å². The van der Waals surface area contributed by atoms with E-state index < -0.39 is 35.5 Å². The van der Waals surface area contributed by atoms with Crippen molar-refractivity contribution in [1.82, 2.24) is 24.7 Å². The van der Waals surface area contributed by atoms with Crippen LogP contribution in [0, 0.1) is 5.92 Å². The van der Waals surface area contributed by atoms with Gasteiger partial charge >= 0.3 is 6.09 Å². The van der Waals surface area contributed by atoms with Gasteiger partial charge in [-0.1, -0.05) is 43.2 Å². The molecule has 4 amide bonds. The lowest BCUT2D eigenvalue weighted by molar-refractivity contribution is -0.371. The number of rotatable bonds is 16. The summed E-state index contributed by atoms with van der Waals surface area (Å²) in [6.45, 7) is 8.11. The van der Waals surface area contributed by atoms with Gasteiger partial charge in [0.25, 0.3) is 0 Å². The summed E-state index contributed by atoms with van der Waals surface area (Å²) in [5.74, 6) is -0.981. The molecular weight excluding hydrogens is 670 g/mol. The molecule has 0 bridgehead atoms. The first-order chi connectivity index (χ1) is 24.6.